The van der Waals surface area contributed by atoms with Crippen molar-refractivity contribution in [3.05, 3.63) is 211 Å². The van der Waals surface area contributed by atoms with Crippen molar-refractivity contribution in [1.82, 2.24) is 0 Å². The number of amidine groups is 3. The van der Waals surface area contributed by atoms with Crippen LogP contribution in [0.15, 0.2) is 182 Å². The summed E-state index contributed by atoms with van der Waals surface area (Å²) in [6, 6.07) is 54.7. The monoisotopic (exact) mass is 1750 g/mol. The molecule has 9 heterocycles. The lowest BCUT2D eigenvalue weighted by molar-refractivity contribution is 0.00578. The van der Waals surface area contributed by atoms with E-state index in [1.165, 1.54) is 0 Å². The SMILES string of the molecule is CC(C)(C)COc1ccc2c(c1)[C@@]1(COC(N)=N1)c1cc(-c3ccc(C#N)cc3)ccc1O2.CC(C)(C)COc1ccc2c(c1)[C@@]1(COC(N)=N1)c1cc(B3OC(C)(C)C(C)(C)O3)ccc1O2.CC(C)(C)COc1ccc2c(c1)[C@@]1(COC(N)=N1)c1cc(Br)ccc1O2.CC1(C)OB(B2OC(C)(C)C(C)(C)O2)OC1(C)C.N#Cc1ccc(Br)cc1. The number of nitriles is 2. The maximum Gasteiger partial charge on any atom is 0.494 e. The molecule has 8 aromatic carbocycles. The maximum atomic E-state index is 9.10. The minimum Gasteiger partial charge on any atom is -0.493 e. The second-order valence-corrected chi connectivity index (χ2v) is 39.7. The van der Waals surface area contributed by atoms with Gasteiger partial charge < -0.3 is 87.8 Å². The molecule has 628 valence electrons. The first-order valence-corrected chi connectivity index (χ1v) is 41.8. The normalized spacial score (nSPS) is 21.8. The second kappa shape index (κ2) is 32.6. The molecular weight excluding hydrogens is 1650 g/mol. The van der Waals surface area contributed by atoms with Crippen molar-refractivity contribution < 1.29 is 70.6 Å². The van der Waals surface area contributed by atoms with Gasteiger partial charge >= 0.3 is 21.1 Å². The molecule has 120 heavy (non-hydrogen) atoms. The molecule has 6 N–H and O–H groups in total. The topological polar surface area (TPSA) is 301 Å². The molecule has 3 atom stereocenters. The van der Waals surface area contributed by atoms with Crippen molar-refractivity contribution >= 4 is 76.5 Å². The molecule has 0 saturated carbocycles. The zero-order chi connectivity index (χ0) is 86.9. The molecule has 23 nitrogen and oxygen atoms in total. The summed E-state index contributed by atoms with van der Waals surface area (Å²) in [5, 5.41) is 17.5. The second-order valence-electron chi connectivity index (χ2n) is 37.9. The molecule has 0 bridgehead atoms. The number of rotatable bonds is 9. The first-order valence-electron chi connectivity index (χ1n) is 40.2. The van der Waals surface area contributed by atoms with Gasteiger partial charge in [-0.1, -0.05) is 125 Å². The zero-order valence-electron chi connectivity index (χ0n) is 72.3. The van der Waals surface area contributed by atoms with E-state index in [-0.39, 0.29) is 69.9 Å². The Kier molecular flexibility index (Phi) is 23.9. The summed E-state index contributed by atoms with van der Waals surface area (Å²) < 4.78 is 92.2. The van der Waals surface area contributed by atoms with E-state index < -0.39 is 49.0 Å². The van der Waals surface area contributed by atoms with Gasteiger partial charge in [0.25, 0.3) is 18.1 Å². The van der Waals surface area contributed by atoms with E-state index >= 15 is 0 Å². The van der Waals surface area contributed by atoms with Crippen LogP contribution in [-0.4, -0.2) is 112 Å². The van der Waals surface area contributed by atoms with Gasteiger partial charge in [-0.2, -0.15) is 10.5 Å². The lowest BCUT2D eigenvalue weighted by atomic mass is 9.49. The number of hydrogen-bond acceptors (Lipinski definition) is 23. The smallest absolute Gasteiger partial charge is 0.493 e. The van der Waals surface area contributed by atoms with Gasteiger partial charge in [-0.25, -0.2) is 15.0 Å². The van der Waals surface area contributed by atoms with Gasteiger partial charge in [0.05, 0.1) is 76.7 Å². The van der Waals surface area contributed by atoms with Gasteiger partial charge in [-0.05, 0) is 243 Å². The van der Waals surface area contributed by atoms with Crippen LogP contribution < -0.4 is 51.1 Å². The maximum absolute atomic E-state index is 9.10. The number of aliphatic imine (C=N–C) groups is 3. The highest BCUT2D eigenvalue weighted by atomic mass is 79.9. The molecule has 17 rings (SSSR count). The Morgan fingerprint density at radius 3 is 0.975 bits per heavy atom. The summed E-state index contributed by atoms with van der Waals surface area (Å²) >= 11 is 6.80. The number of fused-ring (bicyclic) bond motifs is 12. The molecule has 8 aromatic rings. The third-order valence-corrected chi connectivity index (χ3v) is 23.9. The van der Waals surface area contributed by atoms with Gasteiger partial charge in [0.2, 0.25) is 0 Å². The highest BCUT2D eigenvalue weighted by Gasteiger charge is 2.64. The largest absolute Gasteiger partial charge is 0.494 e. The van der Waals surface area contributed by atoms with Crippen molar-refractivity contribution in [2.24, 2.45) is 48.4 Å². The van der Waals surface area contributed by atoms with E-state index in [4.69, 9.17) is 108 Å². The lowest BCUT2D eigenvalue weighted by Crippen LogP contribution is -2.41. The molecule has 3 spiro atoms. The fourth-order valence-electron chi connectivity index (χ4n) is 14.2. The molecule has 0 aromatic heterocycles. The van der Waals surface area contributed by atoms with Crippen LogP contribution in [0.3, 0.4) is 0 Å². The first-order chi connectivity index (χ1) is 56.0. The van der Waals surface area contributed by atoms with E-state index in [1.807, 2.05) is 229 Å². The van der Waals surface area contributed by atoms with E-state index in [2.05, 4.69) is 111 Å². The molecule has 0 radical (unpaired) electrons. The molecule has 3 saturated heterocycles. The van der Waals surface area contributed by atoms with Crippen LogP contribution in [0, 0.1) is 38.9 Å². The van der Waals surface area contributed by atoms with Crippen molar-refractivity contribution in [3.63, 3.8) is 0 Å². The Morgan fingerprint density at radius 2 is 0.642 bits per heavy atom. The van der Waals surface area contributed by atoms with Crippen LogP contribution in [-0.2, 0) is 58.8 Å². The number of halogens is 2. The van der Waals surface area contributed by atoms with Crippen LogP contribution in [0.2, 0.25) is 0 Å². The molecule has 9 aliphatic heterocycles. The van der Waals surface area contributed by atoms with Crippen LogP contribution in [0.1, 0.15) is 190 Å². The number of benzene rings is 8. The van der Waals surface area contributed by atoms with Crippen molar-refractivity contribution in [1.29, 1.82) is 10.5 Å². The van der Waals surface area contributed by atoms with Crippen molar-refractivity contribution in [3.8, 4) is 75.0 Å². The number of hydrogen-bond donors (Lipinski definition) is 3. The zero-order valence-corrected chi connectivity index (χ0v) is 75.5. The van der Waals surface area contributed by atoms with Gasteiger partial charge in [-0.3, -0.25) is 0 Å². The molecule has 0 amide bonds. The molecule has 28 heteroatoms. The van der Waals surface area contributed by atoms with Crippen molar-refractivity contribution in [2.75, 3.05) is 39.6 Å². The molecule has 3 fully saturated rings. The molecule has 9 aliphatic rings. The standard InChI is InChI=1S/C27H25N3O3.C26H33BN2O5.C20H21BrN2O3.C12H24B2O4.C7H4BrN/c1-26(2,3)15-31-20-9-11-24-22(13-20)27(16-32-25(29)30-27)21-12-19(8-10-23(21)33-24)18-6-4-17(14-28)5-7-18;1-23(2,3)14-30-17-9-11-21-19(13-17)26(15-31-22(28)29-26)18-12-16(8-10-20(18)32-21)27-33-24(4,5)25(6,7)34-27;1-19(2,3)10-24-13-5-7-17-15(9-13)20(11-25-18(22)23-20)14-8-12(21)4-6-16(14)26-17;1-9(2)10(3,4)16-13(15-9)14-17-11(5,6)12(7,8)18-14;8-7-3-1-6(5-9)2-4-7/h4-13H,15-16H2,1-3H3,(H2,29,30);8-13H,14-15H2,1-7H3,(H2,28,29);4-9H,10-11H2,1-3H3,(H2,22,23);1-8H3;1-4H/t27-;26-;20-;;/m111../s1. The van der Waals surface area contributed by atoms with Gasteiger partial charge in [-0.15, -0.1) is 0 Å². The summed E-state index contributed by atoms with van der Waals surface area (Å²) in [6.07, 6.45) is 0. The molecule has 0 aliphatic carbocycles. The molecule has 0 unspecified atom stereocenters. The van der Waals surface area contributed by atoms with Gasteiger partial charge in [0.15, 0.2) is 16.6 Å². The lowest BCUT2D eigenvalue weighted by Gasteiger charge is -2.34. The van der Waals surface area contributed by atoms with E-state index in [0.29, 0.717) is 60.6 Å². The Balaban J connectivity index is 0.000000136. The highest BCUT2D eigenvalue weighted by molar-refractivity contribution is 9.10. The summed E-state index contributed by atoms with van der Waals surface area (Å²) in [5.41, 5.74) is 22.9. The minimum atomic E-state index is -0.840. The van der Waals surface area contributed by atoms with Crippen LogP contribution >= 0.6 is 31.9 Å². The Labute approximate surface area is 722 Å². The number of nitrogens with zero attached hydrogens (tertiary/aromatic N) is 5. The third-order valence-electron chi connectivity index (χ3n) is 22.9. The summed E-state index contributed by atoms with van der Waals surface area (Å²) in [5.74, 6) is 6.61. The van der Waals surface area contributed by atoms with Crippen LogP contribution in [0.5, 0.6) is 51.7 Å². The number of ether oxygens (including phenoxy) is 9. The van der Waals surface area contributed by atoms with Crippen molar-refractivity contribution in [2.45, 2.75) is 196 Å². The fraction of sp³-hybridized carbons (Fsp3) is 0.424. The Hall–Kier alpha value is -9.74. The third kappa shape index (κ3) is 18.4. The van der Waals surface area contributed by atoms with E-state index in [9.17, 15) is 0 Å². The average molecular weight is 1760 g/mol. The summed E-state index contributed by atoms with van der Waals surface area (Å²) in [6.45, 7) is 46.3. The summed E-state index contributed by atoms with van der Waals surface area (Å²) in [7, 11) is -1.45. The van der Waals surface area contributed by atoms with E-state index in [1.54, 1.807) is 12.1 Å². The van der Waals surface area contributed by atoms with E-state index in [0.717, 1.165) is 87.7 Å². The van der Waals surface area contributed by atoms with Gasteiger partial charge in [0, 0.05) is 42.3 Å². The Bertz CT molecular complexity index is 5320. The highest BCUT2D eigenvalue weighted by Crippen LogP contribution is 2.56. The molecular formula is C92H107B3Br2N8O15. The van der Waals surface area contributed by atoms with Gasteiger partial charge in [0.1, 0.15) is 71.6 Å². The predicted octanol–water partition coefficient (Wildman–Crippen LogP) is 18.6. The quantitative estimate of drug-likeness (QED) is 0.113. The van der Waals surface area contributed by atoms with Crippen LogP contribution in [0.4, 0.5) is 0 Å². The average Bonchev–Trinajstić information content (AvgIpc) is 1.62. The number of nitrogens with two attached hydrogens (primary N) is 3. The predicted molar refractivity (Wildman–Crippen MR) is 473 cm³/mol. The Morgan fingerprint density at radius 1 is 0.358 bits per heavy atom. The summed E-state index contributed by atoms with van der Waals surface area (Å²) in [4.78, 5) is 14.2. The van der Waals surface area contributed by atoms with Crippen LogP contribution in [0.25, 0.3) is 11.1 Å². The first kappa shape index (κ1) is 88.1. The minimum absolute atomic E-state index is 0.0335. The fourth-order valence-corrected chi connectivity index (χ4v) is 14.9.